The lowest BCUT2D eigenvalue weighted by molar-refractivity contribution is -0.137. The number of nitrogens with one attached hydrogen (secondary N) is 1. The molecule has 0 aliphatic heterocycles. The summed E-state index contributed by atoms with van der Waals surface area (Å²) in [5.41, 5.74) is -0.0175. The molecule has 0 saturated carbocycles. The molecule has 3 rings (SSSR count). The molecular weight excluding hydrogens is 395 g/mol. The standard InChI is InChI=1S/C19H17ClF3N3O2/c1-3-15-16(18(27)24-12-5-7-13(8-6-12)28-4-2)26-10-11(19(21,22)23)9-14(20)17(26)25-15/h5-10H,3-4H2,1-2H3,(H,24,27). The Bertz CT molecular complexity index is 1010. The van der Waals surface area contributed by atoms with Gasteiger partial charge in [0.1, 0.15) is 11.4 Å². The molecule has 0 bridgehead atoms. The van der Waals surface area contributed by atoms with Crippen LogP contribution in [0.25, 0.3) is 5.65 Å². The Kier molecular flexibility index (Phi) is 5.51. The van der Waals surface area contributed by atoms with Crippen LogP contribution in [0, 0.1) is 0 Å². The van der Waals surface area contributed by atoms with E-state index >= 15 is 0 Å². The minimum Gasteiger partial charge on any atom is -0.494 e. The van der Waals surface area contributed by atoms with Gasteiger partial charge >= 0.3 is 6.18 Å². The van der Waals surface area contributed by atoms with Gasteiger partial charge in [-0.25, -0.2) is 4.98 Å². The van der Waals surface area contributed by atoms with Gasteiger partial charge in [-0.2, -0.15) is 13.2 Å². The maximum atomic E-state index is 13.2. The zero-order valence-electron chi connectivity index (χ0n) is 15.1. The van der Waals surface area contributed by atoms with E-state index in [4.69, 9.17) is 16.3 Å². The number of ether oxygens (including phenoxy) is 1. The number of benzene rings is 1. The SMILES string of the molecule is CCOc1ccc(NC(=O)c2c(CC)nc3c(Cl)cc(C(F)(F)F)cn23)cc1. The van der Waals surface area contributed by atoms with Gasteiger partial charge in [-0.05, 0) is 43.7 Å². The molecule has 0 unspecified atom stereocenters. The van der Waals surface area contributed by atoms with E-state index in [1.165, 1.54) is 0 Å². The summed E-state index contributed by atoms with van der Waals surface area (Å²) in [6.07, 6.45) is -3.41. The second-order valence-corrected chi connectivity index (χ2v) is 6.35. The number of pyridine rings is 1. The van der Waals surface area contributed by atoms with E-state index < -0.39 is 17.6 Å². The molecule has 1 amide bonds. The van der Waals surface area contributed by atoms with Crippen molar-refractivity contribution >= 4 is 28.8 Å². The quantitative estimate of drug-likeness (QED) is 0.626. The summed E-state index contributed by atoms with van der Waals surface area (Å²) in [6, 6.07) is 7.47. The summed E-state index contributed by atoms with van der Waals surface area (Å²) in [5, 5.41) is 2.50. The molecule has 2 heterocycles. The normalized spacial score (nSPS) is 11.6. The summed E-state index contributed by atoms with van der Waals surface area (Å²) in [4.78, 5) is 17.1. The van der Waals surface area contributed by atoms with E-state index in [1.54, 1.807) is 31.2 Å². The zero-order valence-corrected chi connectivity index (χ0v) is 15.9. The molecule has 148 valence electrons. The van der Waals surface area contributed by atoms with Crippen LogP contribution in [0.4, 0.5) is 18.9 Å². The molecule has 0 spiro atoms. The number of aryl methyl sites for hydroxylation is 1. The minimum atomic E-state index is -4.60. The van der Waals surface area contributed by atoms with Gasteiger partial charge in [0.2, 0.25) is 0 Å². The fraction of sp³-hybridized carbons (Fsp3) is 0.263. The van der Waals surface area contributed by atoms with Gasteiger partial charge in [0.15, 0.2) is 5.65 Å². The van der Waals surface area contributed by atoms with Crippen LogP contribution in [0.3, 0.4) is 0 Å². The number of carbonyl (C=O) groups excluding carboxylic acids is 1. The molecule has 1 N–H and O–H groups in total. The molecule has 0 saturated heterocycles. The molecule has 0 fully saturated rings. The highest BCUT2D eigenvalue weighted by Gasteiger charge is 2.33. The second-order valence-electron chi connectivity index (χ2n) is 5.94. The predicted octanol–water partition coefficient (Wildman–Crippen LogP) is 5.22. The molecule has 28 heavy (non-hydrogen) atoms. The Labute approximate surface area is 164 Å². The molecule has 0 aliphatic rings. The lowest BCUT2D eigenvalue weighted by atomic mass is 10.2. The van der Waals surface area contributed by atoms with Crippen molar-refractivity contribution < 1.29 is 22.7 Å². The van der Waals surface area contributed by atoms with Crippen molar-refractivity contribution in [3.05, 3.63) is 58.5 Å². The highest BCUT2D eigenvalue weighted by Crippen LogP contribution is 2.33. The maximum absolute atomic E-state index is 13.2. The van der Waals surface area contributed by atoms with E-state index in [0.717, 1.165) is 16.7 Å². The van der Waals surface area contributed by atoms with Gasteiger partial charge in [0.05, 0.1) is 22.9 Å². The molecule has 2 aromatic heterocycles. The average molecular weight is 412 g/mol. The van der Waals surface area contributed by atoms with Gasteiger partial charge in [-0.15, -0.1) is 0 Å². The summed E-state index contributed by atoms with van der Waals surface area (Å²) < 4.78 is 45.9. The van der Waals surface area contributed by atoms with Gasteiger partial charge < -0.3 is 10.1 Å². The average Bonchev–Trinajstić information content (AvgIpc) is 3.02. The van der Waals surface area contributed by atoms with Crippen LogP contribution in [0.1, 0.15) is 35.6 Å². The highest BCUT2D eigenvalue weighted by molar-refractivity contribution is 6.33. The highest BCUT2D eigenvalue weighted by atomic mass is 35.5. The number of nitrogens with zero attached hydrogens (tertiary/aromatic N) is 2. The first kappa shape index (κ1) is 20.0. The first-order chi connectivity index (χ1) is 13.2. The fourth-order valence-corrected chi connectivity index (χ4v) is 3.04. The van der Waals surface area contributed by atoms with Crippen molar-refractivity contribution in [2.75, 3.05) is 11.9 Å². The largest absolute Gasteiger partial charge is 0.494 e. The van der Waals surface area contributed by atoms with E-state index in [2.05, 4.69) is 10.3 Å². The molecule has 9 heteroatoms. The van der Waals surface area contributed by atoms with Gasteiger partial charge in [0, 0.05) is 11.9 Å². The lowest BCUT2D eigenvalue weighted by Crippen LogP contribution is -2.17. The Balaban J connectivity index is 2.02. The van der Waals surface area contributed by atoms with Crippen molar-refractivity contribution in [1.82, 2.24) is 9.38 Å². The Morgan fingerprint density at radius 3 is 2.50 bits per heavy atom. The van der Waals surface area contributed by atoms with Crippen LogP contribution >= 0.6 is 11.6 Å². The number of fused-ring (bicyclic) bond motifs is 1. The molecular formula is C19H17ClF3N3O2. The van der Waals surface area contributed by atoms with Crippen molar-refractivity contribution in [1.29, 1.82) is 0 Å². The fourth-order valence-electron chi connectivity index (χ4n) is 2.78. The van der Waals surface area contributed by atoms with Gasteiger partial charge in [-0.3, -0.25) is 9.20 Å². The molecule has 0 atom stereocenters. The van der Waals surface area contributed by atoms with Crippen LogP contribution < -0.4 is 10.1 Å². The van der Waals surface area contributed by atoms with Crippen LogP contribution in [0.2, 0.25) is 5.02 Å². The third-order valence-corrected chi connectivity index (χ3v) is 4.33. The Morgan fingerprint density at radius 1 is 1.25 bits per heavy atom. The van der Waals surface area contributed by atoms with E-state index in [-0.39, 0.29) is 16.4 Å². The summed E-state index contributed by atoms with van der Waals surface area (Å²) >= 11 is 5.99. The summed E-state index contributed by atoms with van der Waals surface area (Å²) in [6.45, 7) is 4.12. The topological polar surface area (TPSA) is 55.6 Å². The number of rotatable bonds is 5. The molecule has 1 aromatic carbocycles. The Hall–Kier alpha value is -2.74. The lowest BCUT2D eigenvalue weighted by Gasteiger charge is -2.11. The number of hydrogen-bond donors (Lipinski definition) is 1. The first-order valence-corrected chi connectivity index (χ1v) is 8.94. The van der Waals surface area contributed by atoms with Crippen molar-refractivity contribution in [3.63, 3.8) is 0 Å². The van der Waals surface area contributed by atoms with E-state index in [9.17, 15) is 18.0 Å². The third-order valence-electron chi connectivity index (χ3n) is 4.05. The zero-order chi connectivity index (χ0) is 20.5. The number of hydrogen-bond acceptors (Lipinski definition) is 3. The van der Waals surface area contributed by atoms with E-state index in [0.29, 0.717) is 30.2 Å². The van der Waals surface area contributed by atoms with Gasteiger partial charge in [-0.1, -0.05) is 18.5 Å². The Morgan fingerprint density at radius 2 is 1.93 bits per heavy atom. The van der Waals surface area contributed by atoms with E-state index in [1.807, 2.05) is 6.92 Å². The number of alkyl halides is 3. The molecule has 0 radical (unpaired) electrons. The smallest absolute Gasteiger partial charge is 0.417 e. The summed E-state index contributed by atoms with van der Waals surface area (Å²) in [7, 11) is 0. The maximum Gasteiger partial charge on any atom is 0.417 e. The van der Waals surface area contributed by atoms with Crippen LogP contribution in [-0.4, -0.2) is 21.9 Å². The molecule has 0 aliphatic carbocycles. The first-order valence-electron chi connectivity index (χ1n) is 8.56. The monoisotopic (exact) mass is 411 g/mol. The minimum absolute atomic E-state index is 0.0133. The number of carbonyl (C=O) groups is 1. The number of amides is 1. The predicted molar refractivity (Wildman–Crippen MR) is 100 cm³/mol. The number of halogens is 4. The van der Waals surface area contributed by atoms with Crippen LogP contribution in [-0.2, 0) is 12.6 Å². The summed E-state index contributed by atoms with van der Waals surface area (Å²) in [5.74, 6) is 0.0649. The van der Waals surface area contributed by atoms with Crippen molar-refractivity contribution in [2.45, 2.75) is 26.4 Å². The number of aromatic nitrogens is 2. The van der Waals surface area contributed by atoms with Crippen LogP contribution in [0.15, 0.2) is 36.5 Å². The molecule has 5 nitrogen and oxygen atoms in total. The number of anilines is 1. The third kappa shape index (κ3) is 3.91. The number of imidazole rings is 1. The second kappa shape index (κ2) is 7.71. The van der Waals surface area contributed by atoms with Crippen molar-refractivity contribution in [3.8, 4) is 5.75 Å². The molecule has 3 aromatic rings. The van der Waals surface area contributed by atoms with Crippen LogP contribution in [0.5, 0.6) is 5.75 Å². The van der Waals surface area contributed by atoms with Gasteiger partial charge in [0.25, 0.3) is 5.91 Å². The van der Waals surface area contributed by atoms with Crippen molar-refractivity contribution in [2.24, 2.45) is 0 Å².